The van der Waals surface area contributed by atoms with Gasteiger partial charge in [-0.15, -0.1) is 0 Å². The molecule has 3 nitrogen and oxygen atoms in total. The first kappa shape index (κ1) is 13.4. The molecule has 1 saturated carbocycles. The number of nitrogens with two attached hydrogens (primary N) is 1. The van der Waals surface area contributed by atoms with Gasteiger partial charge < -0.3 is 15.5 Å². The molecule has 20 heavy (non-hydrogen) atoms. The van der Waals surface area contributed by atoms with Crippen molar-refractivity contribution in [2.45, 2.75) is 31.3 Å². The van der Waals surface area contributed by atoms with Crippen molar-refractivity contribution in [3.63, 3.8) is 0 Å². The first-order valence-corrected chi connectivity index (χ1v) is 7.43. The van der Waals surface area contributed by atoms with Gasteiger partial charge >= 0.3 is 0 Å². The molecular formula is C17H22N2O. The lowest BCUT2D eigenvalue weighted by atomic mass is 9.99. The van der Waals surface area contributed by atoms with Crippen LogP contribution in [0.1, 0.15) is 36.6 Å². The van der Waals surface area contributed by atoms with Gasteiger partial charge in [-0.2, -0.15) is 0 Å². The van der Waals surface area contributed by atoms with Crippen LogP contribution in [0.15, 0.2) is 53.1 Å². The van der Waals surface area contributed by atoms with E-state index in [0.29, 0.717) is 12.0 Å². The lowest BCUT2D eigenvalue weighted by Crippen LogP contribution is -2.38. The quantitative estimate of drug-likeness (QED) is 0.878. The molecule has 1 aromatic heterocycles. The van der Waals surface area contributed by atoms with E-state index in [2.05, 4.69) is 29.6 Å². The zero-order chi connectivity index (χ0) is 13.8. The van der Waals surface area contributed by atoms with E-state index >= 15 is 0 Å². The fourth-order valence-electron chi connectivity index (χ4n) is 3.20. The van der Waals surface area contributed by atoms with E-state index in [-0.39, 0.29) is 6.04 Å². The summed E-state index contributed by atoms with van der Waals surface area (Å²) in [4.78, 5) is 0. The first-order chi connectivity index (χ1) is 9.88. The summed E-state index contributed by atoms with van der Waals surface area (Å²) >= 11 is 0. The fraction of sp³-hybridized carbons (Fsp3) is 0.412. The standard InChI is InChI=1S/C17H22N2O/c18-12-14-8-4-9-15(14)19-17(16-10-5-11-20-16)13-6-2-1-3-7-13/h1-3,5-7,10-11,14-15,17,19H,4,8-9,12,18H2. The summed E-state index contributed by atoms with van der Waals surface area (Å²) in [6.45, 7) is 0.761. The van der Waals surface area contributed by atoms with Crippen molar-refractivity contribution in [2.75, 3.05) is 6.54 Å². The highest BCUT2D eigenvalue weighted by molar-refractivity contribution is 5.26. The summed E-state index contributed by atoms with van der Waals surface area (Å²) < 4.78 is 5.64. The third kappa shape index (κ3) is 2.79. The third-order valence-electron chi connectivity index (χ3n) is 4.30. The van der Waals surface area contributed by atoms with Crippen LogP contribution in [0, 0.1) is 5.92 Å². The number of hydrogen-bond donors (Lipinski definition) is 2. The first-order valence-electron chi connectivity index (χ1n) is 7.43. The molecule has 3 atom stereocenters. The van der Waals surface area contributed by atoms with Gasteiger partial charge in [0.05, 0.1) is 12.3 Å². The second-order valence-corrected chi connectivity index (χ2v) is 5.56. The molecular weight excluding hydrogens is 248 g/mol. The zero-order valence-corrected chi connectivity index (χ0v) is 11.7. The molecule has 2 aromatic rings. The molecule has 3 heteroatoms. The molecule has 0 amide bonds. The second kappa shape index (κ2) is 6.25. The van der Waals surface area contributed by atoms with E-state index in [9.17, 15) is 0 Å². The van der Waals surface area contributed by atoms with Crippen molar-refractivity contribution >= 4 is 0 Å². The maximum atomic E-state index is 5.89. The zero-order valence-electron chi connectivity index (χ0n) is 11.7. The number of rotatable bonds is 5. The lowest BCUT2D eigenvalue weighted by molar-refractivity contribution is 0.353. The van der Waals surface area contributed by atoms with Crippen LogP contribution < -0.4 is 11.1 Å². The van der Waals surface area contributed by atoms with Crippen molar-refractivity contribution in [3.05, 3.63) is 60.1 Å². The Morgan fingerprint density at radius 2 is 2.00 bits per heavy atom. The average Bonchev–Trinajstić information content (AvgIpc) is 3.16. The summed E-state index contributed by atoms with van der Waals surface area (Å²) in [5.74, 6) is 1.55. The van der Waals surface area contributed by atoms with Gasteiger partial charge in [0.1, 0.15) is 5.76 Å². The molecule has 0 bridgehead atoms. The third-order valence-corrected chi connectivity index (χ3v) is 4.30. The molecule has 3 N–H and O–H groups in total. The predicted molar refractivity (Wildman–Crippen MR) is 80.3 cm³/mol. The molecule has 1 aliphatic carbocycles. The van der Waals surface area contributed by atoms with Crippen molar-refractivity contribution in [1.29, 1.82) is 0 Å². The molecule has 3 rings (SSSR count). The number of hydrogen-bond acceptors (Lipinski definition) is 3. The van der Waals surface area contributed by atoms with E-state index in [1.807, 2.05) is 18.2 Å². The summed E-state index contributed by atoms with van der Waals surface area (Å²) in [5, 5.41) is 3.76. The molecule has 0 aliphatic heterocycles. The minimum absolute atomic E-state index is 0.114. The van der Waals surface area contributed by atoms with Gasteiger partial charge in [-0.1, -0.05) is 36.8 Å². The van der Waals surface area contributed by atoms with Crippen molar-refractivity contribution < 1.29 is 4.42 Å². The normalized spacial score (nSPS) is 23.9. The Kier molecular flexibility index (Phi) is 4.19. The number of furan rings is 1. The highest BCUT2D eigenvalue weighted by atomic mass is 16.3. The second-order valence-electron chi connectivity index (χ2n) is 5.56. The maximum Gasteiger partial charge on any atom is 0.125 e. The predicted octanol–water partition coefficient (Wildman–Crippen LogP) is 3.09. The Morgan fingerprint density at radius 3 is 2.70 bits per heavy atom. The SMILES string of the molecule is NCC1CCCC1NC(c1ccccc1)c1ccco1. The van der Waals surface area contributed by atoms with Gasteiger partial charge in [0.15, 0.2) is 0 Å². The molecule has 1 aliphatic rings. The Labute approximate surface area is 120 Å². The van der Waals surface area contributed by atoms with Crippen LogP contribution in [-0.4, -0.2) is 12.6 Å². The Balaban J connectivity index is 1.83. The topological polar surface area (TPSA) is 51.2 Å². The van der Waals surface area contributed by atoms with Crippen LogP contribution in [0.4, 0.5) is 0 Å². The average molecular weight is 270 g/mol. The molecule has 0 spiro atoms. The lowest BCUT2D eigenvalue weighted by Gasteiger charge is -2.26. The summed E-state index contributed by atoms with van der Waals surface area (Å²) in [7, 11) is 0. The van der Waals surface area contributed by atoms with E-state index in [0.717, 1.165) is 12.3 Å². The van der Waals surface area contributed by atoms with Crippen molar-refractivity contribution in [3.8, 4) is 0 Å². The van der Waals surface area contributed by atoms with E-state index in [4.69, 9.17) is 10.2 Å². The van der Waals surface area contributed by atoms with Crippen LogP contribution in [0.2, 0.25) is 0 Å². The molecule has 1 heterocycles. The highest BCUT2D eigenvalue weighted by Gasteiger charge is 2.29. The van der Waals surface area contributed by atoms with Crippen molar-refractivity contribution in [2.24, 2.45) is 11.7 Å². The monoisotopic (exact) mass is 270 g/mol. The van der Waals surface area contributed by atoms with Crippen LogP contribution in [-0.2, 0) is 0 Å². The molecule has 1 aromatic carbocycles. The van der Waals surface area contributed by atoms with E-state index in [1.54, 1.807) is 6.26 Å². The smallest absolute Gasteiger partial charge is 0.125 e. The van der Waals surface area contributed by atoms with Crippen molar-refractivity contribution in [1.82, 2.24) is 5.32 Å². The van der Waals surface area contributed by atoms with Gasteiger partial charge in [0, 0.05) is 6.04 Å². The summed E-state index contributed by atoms with van der Waals surface area (Å²) in [6.07, 6.45) is 5.43. The fourth-order valence-corrected chi connectivity index (χ4v) is 3.20. The van der Waals surface area contributed by atoms with E-state index in [1.165, 1.54) is 24.8 Å². The Morgan fingerprint density at radius 1 is 1.15 bits per heavy atom. The number of nitrogens with one attached hydrogen (secondary N) is 1. The van der Waals surface area contributed by atoms with Gasteiger partial charge in [0.25, 0.3) is 0 Å². The Hall–Kier alpha value is -1.58. The number of benzene rings is 1. The van der Waals surface area contributed by atoms with Gasteiger partial charge in [0.2, 0.25) is 0 Å². The van der Waals surface area contributed by atoms with Gasteiger partial charge in [-0.05, 0) is 43.0 Å². The molecule has 106 valence electrons. The van der Waals surface area contributed by atoms with Crippen LogP contribution in [0.3, 0.4) is 0 Å². The molecule has 3 unspecified atom stereocenters. The molecule has 0 radical (unpaired) electrons. The van der Waals surface area contributed by atoms with Crippen LogP contribution in [0.5, 0.6) is 0 Å². The van der Waals surface area contributed by atoms with Gasteiger partial charge in [-0.3, -0.25) is 0 Å². The maximum absolute atomic E-state index is 5.89. The van der Waals surface area contributed by atoms with Gasteiger partial charge in [-0.25, -0.2) is 0 Å². The van der Waals surface area contributed by atoms with Crippen LogP contribution >= 0.6 is 0 Å². The minimum Gasteiger partial charge on any atom is -0.467 e. The molecule has 1 fully saturated rings. The summed E-state index contributed by atoms with van der Waals surface area (Å²) in [5.41, 5.74) is 7.13. The highest BCUT2D eigenvalue weighted by Crippen LogP contribution is 2.30. The molecule has 0 saturated heterocycles. The minimum atomic E-state index is 0.114. The largest absolute Gasteiger partial charge is 0.467 e. The van der Waals surface area contributed by atoms with Crippen LogP contribution in [0.25, 0.3) is 0 Å². The Bertz CT molecular complexity index is 509. The summed E-state index contributed by atoms with van der Waals surface area (Å²) in [6, 6.07) is 15.1. The van der Waals surface area contributed by atoms with E-state index < -0.39 is 0 Å².